The van der Waals surface area contributed by atoms with Crippen LogP contribution in [0.1, 0.15) is 18.4 Å². The molecule has 0 saturated heterocycles. The summed E-state index contributed by atoms with van der Waals surface area (Å²) in [4.78, 5) is 23.3. The number of benzene rings is 1. The first-order valence-electron chi connectivity index (χ1n) is 8.15. The zero-order valence-corrected chi connectivity index (χ0v) is 13.5. The van der Waals surface area contributed by atoms with Gasteiger partial charge in [-0.05, 0) is 30.5 Å². The molecule has 6 nitrogen and oxygen atoms in total. The molecule has 0 unspecified atom stereocenters. The molecule has 0 bridgehead atoms. The molecule has 0 saturated carbocycles. The number of fused-ring (bicyclic) bond motifs is 1. The van der Waals surface area contributed by atoms with E-state index in [1.165, 1.54) is 10.9 Å². The van der Waals surface area contributed by atoms with Crippen molar-refractivity contribution < 1.29 is 4.79 Å². The number of anilines is 1. The van der Waals surface area contributed by atoms with Crippen molar-refractivity contribution in [3.05, 3.63) is 54.5 Å². The van der Waals surface area contributed by atoms with E-state index in [0.717, 1.165) is 24.9 Å². The van der Waals surface area contributed by atoms with E-state index in [-0.39, 0.29) is 5.91 Å². The second-order valence-electron chi connectivity index (χ2n) is 5.56. The summed E-state index contributed by atoms with van der Waals surface area (Å²) in [7, 11) is 0. The highest BCUT2D eigenvalue weighted by Crippen LogP contribution is 2.18. The number of nitrogens with one attached hydrogen (secondary N) is 3. The molecule has 24 heavy (non-hydrogen) atoms. The number of H-pyrrole nitrogens is 1. The topological polar surface area (TPSA) is 82.7 Å². The van der Waals surface area contributed by atoms with Gasteiger partial charge in [-0.3, -0.25) is 4.79 Å². The number of amides is 1. The van der Waals surface area contributed by atoms with Crippen molar-refractivity contribution in [2.45, 2.75) is 19.3 Å². The Morgan fingerprint density at radius 3 is 2.79 bits per heavy atom. The van der Waals surface area contributed by atoms with Gasteiger partial charge in [0.1, 0.15) is 0 Å². The molecular formula is C18H21N5O. The Balaban J connectivity index is 1.34. The molecule has 3 rings (SSSR count). The van der Waals surface area contributed by atoms with Crippen molar-refractivity contribution in [2.75, 3.05) is 18.4 Å². The average molecular weight is 323 g/mol. The van der Waals surface area contributed by atoms with Gasteiger partial charge in [0.2, 0.25) is 11.9 Å². The van der Waals surface area contributed by atoms with Crippen LogP contribution < -0.4 is 10.6 Å². The van der Waals surface area contributed by atoms with Crippen molar-refractivity contribution in [2.24, 2.45) is 0 Å². The number of carbonyl (C=O) groups excluding carboxylic acids is 1. The molecule has 0 spiro atoms. The van der Waals surface area contributed by atoms with Crippen LogP contribution in [0.4, 0.5) is 5.95 Å². The minimum Gasteiger partial charge on any atom is -0.361 e. The molecule has 0 atom stereocenters. The quantitative estimate of drug-likeness (QED) is 0.556. The van der Waals surface area contributed by atoms with E-state index in [2.05, 4.69) is 31.7 Å². The van der Waals surface area contributed by atoms with Crippen LogP contribution in [0.2, 0.25) is 0 Å². The molecular weight excluding hydrogens is 302 g/mol. The second kappa shape index (κ2) is 8.10. The van der Waals surface area contributed by atoms with Gasteiger partial charge in [-0.25, -0.2) is 9.97 Å². The number of para-hydroxylation sites is 1. The van der Waals surface area contributed by atoms with Gasteiger partial charge in [0.15, 0.2) is 0 Å². The molecule has 0 aliphatic heterocycles. The molecule has 0 aliphatic carbocycles. The fraction of sp³-hybridized carbons (Fsp3) is 0.278. The molecule has 3 aromatic rings. The van der Waals surface area contributed by atoms with Crippen molar-refractivity contribution in [1.82, 2.24) is 20.3 Å². The van der Waals surface area contributed by atoms with Crippen LogP contribution in [0.15, 0.2) is 48.9 Å². The summed E-state index contributed by atoms with van der Waals surface area (Å²) < 4.78 is 0. The van der Waals surface area contributed by atoms with Crippen LogP contribution in [-0.4, -0.2) is 33.9 Å². The molecule has 1 aromatic carbocycles. The largest absolute Gasteiger partial charge is 0.361 e. The summed E-state index contributed by atoms with van der Waals surface area (Å²) in [6.45, 7) is 1.37. The van der Waals surface area contributed by atoms with E-state index in [4.69, 9.17) is 0 Å². The maximum atomic E-state index is 11.9. The van der Waals surface area contributed by atoms with Crippen molar-refractivity contribution in [1.29, 1.82) is 0 Å². The van der Waals surface area contributed by atoms with Crippen LogP contribution in [0.25, 0.3) is 10.9 Å². The van der Waals surface area contributed by atoms with Gasteiger partial charge < -0.3 is 15.6 Å². The summed E-state index contributed by atoms with van der Waals surface area (Å²) in [6, 6.07) is 9.92. The number of aryl methyl sites for hydroxylation is 1. The van der Waals surface area contributed by atoms with E-state index < -0.39 is 0 Å². The summed E-state index contributed by atoms with van der Waals surface area (Å²) in [6.07, 6.45) is 7.45. The molecule has 1 amide bonds. The van der Waals surface area contributed by atoms with Gasteiger partial charge in [-0.2, -0.15) is 0 Å². The first kappa shape index (κ1) is 16.0. The summed E-state index contributed by atoms with van der Waals surface area (Å²) >= 11 is 0. The van der Waals surface area contributed by atoms with Crippen LogP contribution in [0.3, 0.4) is 0 Å². The minimum absolute atomic E-state index is 0.0799. The lowest BCUT2D eigenvalue weighted by Crippen LogP contribution is -2.26. The van der Waals surface area contributed by atoms with E-state index in [0.29, 0.717) is 18.9 Å². The van der Waals surface area contributed by atoms with Crippen LogP contribution in [0, 0.1) is 0 Å². The molecule has 0 radical (unpaired) electrons. The lowest BCUT2D eigenvalue weighted by molar-refractivity contribution is -0.121. The molecule has 0 fully saturated rings. The highest BCUT2D eigenvalue weighted by molar-refractivity contribution is 5.84. The Hall–Kier alpha value is -2.89. The number of carbonyl (C=O) groups is 1. The Kier molecular flexibility index (Phi) is 5.40. The summed E-state index contributed by atoms with van der Waals surface area (Å²) in [5.74, 6) is 0.694. The second-order valence-corrected chi connectivity index (χ2v) is 5.56. The van der Waals surface area contributed by atoms with E-state index in [1.54, 1.807) is 18.5 Å². The summed E-state index contributed by atoms with van der Waals surface area (Å²) in [5, 5.41) is 7.26. The first-order chi connectivity index (χ1) is 11.8. The van der Waals surface area contributed by atoms with E-state index in [1.807, 2.05) is 24.4 Å². The maximum Gasteiger partial charge on any atom is 0.222 e. The van der Waals surface area contributed by atoms with Crippen molar-refractivity contribution in [3.8, 4) is 0 Å². The standard InChI is InChI=1S/C18H21N5O/c24-17(19-9-3-10-20-18-21-11-4-12-22-18)8-7-14-13-23-16-6-2-1-5-15(14)16/h1-2,4-6,11-13,23H,3,7-10H2,(H,19,24)(H,20,21,22). The summed E-state index contributed by atoms with van der Waals surface area (Å²) in [5.41, 5.74) is 2.30. The smallest absolute Gasteiger partial charge is 0.222 e. The van der Waals surface area contributed by atoms with Crippen LogP contribution in [0.5, 0.6) is 0 Å². The predicted molar refractivity (Wildman–Crippen MR) is 94.8 cm³/mol. The Labute approximate surface area is 140 Å². The Morgan fingerprint density at radius 2 is 1.92 bits per heavy atom. The molecule has 6 heteroatoms. The van der Waals surface area contributed by atoms with Gasteiger partial charge in [0, 0.05) is 49.0 Å². The molecule has 3 N–H and O–H groups in total. The normalized spacial score (nSPS) is 10.7. The van der Waals surface area contributed by atoms with Crippen LogP contribution >= 0.6 is 0 Å². The maximum absolute atomic E-state index is 11.9. The van der Waals surface area contributed by atoms with Crippen molar-refractivity contribution >= 4 is 22.8 Å². The lowest BCUT2D eigenvalue weighted by atomic mass is 10.1. The number of rotatable bonds is 8. The fourth-order valence-electron chi connectivity index (χ4n) is 2.58. The third kappa shape index (κ3) is 4.32. The Morgan fingerprint density at radius 1 is 1.08 bits per heavy atom. The van der Waals surface area contributed by atoms with Gasteiger partial charge in [0.25, 0.3) is 0 Å². The predicted octanol–water partition coefficient (Wildman–Crippen LogP) is 2.51. The number of hydrogen-bond acceptors (Lipinski definition) is 4. The number of aromatic amines is 1. The highest BCUT2D eigenvalue weighted by Gasteiger charge is 2.06. The van der Waals surface area contributed by atoms with Gasteiger partial charge in [0.05, 0.1) is 0 Å². The first-order valence-corrected chi connectivity index (χ1v) is 8.15. The van der Waals surface area contributed by atoms with Gasteiger partial charge in [-0.1, -0.05) is 18.2 Å². The number of aromatic nitrogens is 3. The zero-order chi connectivity index (χ0) is 16.6. The van der Waals surface area contributed by atoms with E-state index in [9.17, 15) is 4.79 Å². The molecule has 124 valence electrons. The third-order valence-electron chi connectivity index (χ3n) is 3.82. The van der Waals surface area contributed by atoms with Crippen molar-refractivity contribution in [3.63, 3.8) is 0 Å². The van der Waals surface area contributed by atoms with Gasteiger partial charge >= 0.3 is 0 Å². The SMILES string of the molecule is O=C(CCc1c[nH]c2ccccc12)NCCCNc1ncccn1. The number of hydrogen-bond donors (Lipinski definition) is 3. The molecule has 2 aromatic heterocycles. The molecule has 0 aliphatic rings. The third-order valence-corrected chi connectivity index (χ3v) is 3.82. The zero-order valence-electron chi connectivity index (χ0n) is 13.5. The van der Waals surface area contributed by atoms with Gasteiger partial charge in [-0.15, -0.1) is 0 Å². The monoisotopic (exact) mass is 323 g/mol. The average Bonchev–Trinajstić information content (AvgIpc) is 3.04. The lowest BCUT2D eigenvalue weighted by Gasteiger charge is -2.06. The minimum atomic E-state index is 0.0799. The van der Waals surface area contributed by atoms with Crippen LogP contribution in [-0.2, 0) is 11.2 Å². The Bertz CT molecular complexity index is 784. The molecule has 2 heterocycles. The van der Waals surface area contributed by atoms with E-state index >= 15 is 0 Å². The fourth-order valence-corrected chi connectivity index (χ4v) is 2.58. The number of nitrogens with zero attached hydrogens (tertiary/aromatic N) is 2. The highest BCUT2D eigenvalue weighted by atomic mass is 16.1.